The van der Waals surface area contributed by atoms with Crippen LogP contribution < -0.4 is 5.32 Å². The summed E-state index contributed by atoms with van der Waals surface area (Å²) >= 11 is 0. The van der Waals surface area contributed by atoms with E-state index in [2.05, 4.69) is 105 Å². The maximum Gasteiger partial charge on any atom is 0.0399 e. The molecule has 1 N–H and O–H groups in total. The average Bonchev–Trinajstić information content (AvgIpc) is 2.99. The molecule has 0 unspecified atom stereocenters. The molecule has 0 saturated heterocycles. The summed E-state index contributed by atoms with van der Waals surface area (Å²) in [6.45, 7) is 6.77. The summed E-state index contributed by atoms with van der Waals surface area (Å²) in [7, 11) is 0. The molecule has 0 radical (unpaired) electrons. The molecule has 2 atom stereocenters. The summed E-state index contributed by atoms with van der Waals surface area (Å²) in [5, 5.41) is 3.88. The fourth-order valence-corrected chi connectivity index (χ4v) is 4.12. The highest BCUT2D eigenvalue weighted by Gasteiger charge is 2.35. The topological polar surface area (TPSA) is 12.0 Å². The predicted octanol–water partition coefficient (Wildman–Crippen LogP) is 6.12. The lowest BCUT2D eigenvalue weighted by Gasteiger charge is -2.31. The van der Waals surface area contributed by atoms with Crippen molar-refractivity contribution in [2.75, 3.05) is 0 Å². The molecule has 3 aromatic carbocycles. The van der Waals surface area contributed by atoms with Crippen molar-refractivity contribution in [3.05, 3.63) is 95.6 Å². The van der Waals surface area contributed by atoms with Crippen molar-refractivity contribution in [2.45, 2.75) is 44.7 Å². The average molecular weight is 341 g/mol. The zero-order valence-corrected chi connectivity index (χ0v) is 15.9. The molecule has 0 amide bonds. The van der Waals surface area contributed by atoms with Gasteiger partial charge in [0.1, 0.15) is 0 Å². The lowest BCUT2D eigenvalue weighted by atomic mass is 9.90. The molecule has 0 heterocycles. The SMILES string of the molecule is CC(C)(C)N[C@@H]1c2ccc(-c3ccccc3)cc2C[C@H]1c1ccccc1. The van der Waals surface area contributed by atoms with Crippen molar-refractivity contribution in [1.82, 2.24) is 5.32 Å². The first-order valence-corrected chi connectivity index (χ1v) is 9.52. The van der Waals surface area contributed by atoms with Crippen LogP contribution in [0.2, 0.25) is 0 Å². The van der Waals surface area contributed by atoms with E-state index in [1.165, 1.54) is 27.8 Å². The van der Waals surface area contributed by atoms with E-state index in [0.29, 0.717) is 12.0 Å². The minimum Gasteiger partial charge on any atom is -0.305 e. The fraction of sp³-hybridized carbons (Fsp3) is 0.280. The van der Waals surface area contributed by atoms with Gasteiger partial charge in [-0.15, -0.1) is 0 Å². The van der Waals surface area contributed by atoms with Crippen LogP contribution in [0, 0.1) is 0 Å². The largest absolute Gasteiger partial charge is 0.305 e. The number of hydrogen-bond acceptors (Lipinski definition) is 1. The molecule has 26 heavy (non-hydrogen) atoms. The monoisotopic (exact) mass is 341 g/mol. The molecule has 0 saturated carbocycles. The zero-order valence-electron chi connectivity index (χ0n) is 15.9. The maximum absolute atomic E-state index is 3.88. The van der Waals surface area contributed by atoms with Crippen LogP contribution >= 0.6 is 0 Å². The molecule has 132 valence electrons. The third-order valence-electron chi connectivity index (χ3n) is 5.24. The Balaban J connectivity index is 1.74. The van der Waals surface area contributed by atoms with Crippen molar-refractivity contribution < 1.29 is 0 Å². The molecular formula is C25H27N. The Morgan fingerprint density at radius 1 is 0.769 bits per heavy atom. The summed E-state index contributed by atoms with van der Waals surface area (Å²) in [4.78, 5) is 0. The van der Waals surface area contributed by atoms with E-state index < -0.39 is 0 Å². The van der Waals surface area contributed by atoms with Crippen molar-refractivity contribution in [3.63, 3.8) is 0 Å². The second-order valence-electron chi connectivity index (χ2n) is 8.37. The summed E-state index contributed by atoms with van der Waals surface area (Å²) in [6, 6.07) is 29.0. The van der Waals surface area contributed by atoms with Crippen LogP contribution in [0.4, 0.5) is 0 Å². The summed E-state index contributed by atoms with van der Waals surface area (Å²) < 4.78 is 0. The molecule has 0 fully saturated rings. The first kappa shape index (κ1) is 17.1. The second-order valence-corrected chi connectivity index (χ2v) is 8.37. The Labute approximate surface area is 157 Å². The molecule has 4 rings (SSSR count). The number of benzene rings is 3. The van der Waals surface area contributed by atoms with Gasteiger partial charge < -0.3 is 5.32 Å². The summed E-state index contributed by atoms with van der Waals surface area (Å²) in [6.07, 6.45) is 1.09. The van der Waals surface area contributed by atoms with Crippen LogP contribution in [0.25, 0.3) is 11.1 Å². The van der Waals surface area contributed by atoms with Gasteiger partial charge in [0.2, 0.25) is 0 Å². The van der Waals surface area contributed by atoms with E-state index in [-0.39, 0.29) is 5.54 Å². The van der Waals surface area contributed by atoms with Gasteiger partial charge in [0.05, 0.1) is 0 Å². The van der Waals surface area contributed by atoms with E-state index in [4.69, 9.17) is 0 Å². The van der Waals surface area contributed by atoms with Gasteiger partial charge >= 0.3 is 0 Å². The van der Waals surface area contributed by atoms with Gasteiger partial charge in [-0.3, -0.25) is 0 Å². The molecule has 3 aromatic rings. The third-order valence-corrected chi connectivity index (χ3v) is 5.24. The van der Waals surface area contributed by atoms with Crippen LogP contribution in [0.3, 0.4) is 0 Å². The molecule has 0 spiro atoms. The first-order chi connectivity index (χ1) is 12.5. The predicted molar refractivity (Wildman–Crippen MR) is 110 cm³/mol. The van der Waals surface area contributed by atoms with E-state index >= 15 is 0 Å². The molecule has 1 nitrogen and oxygen atoms in total. The van der Waals surface area contributed by atoms with Gasteiger partial charge in [-0.05, 0) is 55.0 Å². The Morgan fingerprint density at radius 3 is 2.08 bits per heavy atom. The second kappa shape index (κ2) is 6.74. The van der Waals surface area contributed by atoms with Gasteiger partial charge in [0, 0.05) is 17.5 Å². The maximum atomic E-state index is 3.88. The number of hydrogen-bond donors (Lipinski definition) is 1. The van der Waals surface area contributed by atoms with Gasteiger partial charge in [-0.25, -0.2) is 0 Å². The number of rotatable bonds is 3. The summed E-state index contributed by atoms with van der Waals surface area (Å²) in [5.74, 6) is 0.483. The van der Waals surface area contributed by atoms with E-state index in [1.54, 1.807) is 0 Å². The molecule has 1 heteroatoms. The minimum atomic E-state index is 0.0808. The minimum absolute atomic E-state index is 0.0808. The molecule has 1 aliphatic carbocycles. The quantitative estimate of drug-likeness (QED) is 0.605. The highest BCUT2D eigenvalue weighted by Crippen LogP contribution is 2.44. The lowest BCUT2D eigenvalue weighted by molar-refractivity contribution is 0.340. The van der Waals surface area contributed by atoms with E-state index in [0.717, 1.165) is 6.42 Å². The van der Waals surface area contributed by atoms with Crippen molar-refractivity contribution >= 4 is 0 Å². The smallest absolute Gasteiger partial charge is 0.0399 e. The van der Waals surface area contributed by atoms with Crippen LogP contribution in [0.5, 0.6) is 0 Å². The Kier molecular flexibility index (Phi) is 4.42. The van der Waals surface area contributed by atoms with Crippen LogP contribution in [-0.2, 0) is 6.42 Å². The van der Waals surface area contributed by atoms with Gasteiger partial charge in [0.25, 0.3) is 0 Å². The van der Waals surface area contributed by atoms with Gasteiger partial charge in [0.15, 0.2) is 0 Å². The van der Waals surface area contributed by atoms with Crippen LogP contribution in [0.1, 0.15) is 49.4 Å². The molecule has 0 aromatic heterocycles. The molecular weight excluding hydrogens is 314 g/mol. The van der Waals surface area contributed by atoms with Gasteiger partial charge in [-0.2, -0.15) is 0 Å². The molecule has 0 aliphatic heterocycles. The highest BCUT2D eigenvalue weighted by atomic mass is 15.0. The Hall–Kier alpha value is -2.38. The van der Waals surface area contributed by atoms with Crippen molar-refractivity contribution in [2.24, 2.45) is 0 Å². The molecule has 1 aliphatic rings. The van der Waals surface area contributed by atoms with Crippen molar-refractivity contribution in [1.29, 1.82) is 0 Å². The standard InChI is InChI=1S/C25H27N/c1-25(2,3)26-24-22-15-14-20(18-10-6-4-7-11-18)16-21(22)17-23(24)19-12-8-5-9-13-19/h4-16,23-24,26H,17H2,1-3H3/t23-,24+/m0/s1. The highest BCUT2D eigenvalue weighted by molar-refractivity contribution is 5.66. The fourth-order valence-electron chi connectivity index (χ4n) is 4.12. The summed E-state index contributed by atoms with van der Waals surface area (Å²) in [5.41, 5.74) is 7.03. The number of fused-ring (bicyclic) bond motifs is 1. The lowest BCUT2D eigenvalue weighted by Crippen LogP contribution is -2.40. The van der Waals surface area contributed by atoms with E-state index in [1.807, 2.05) is 0 Å². The van der Waals surface area contributed by atoms with Gasteiger partial charge in [-0.1, -0.05) is 78.9 Å². The number of nitrogens with one attached hydrogen (secondary N) is 1. The first-order valence-electron chi connectivity index (χ1n) is 9.52. The Bertz CT molecular complexity index is 875. The van der Waals surface area contributed by atoms with E-state index in [9.17, 15) is 0 Å². The Morgan fingerprint density at radius 2 is 1.42 bits per heavy atom. The normalized spacial score (nSPS) is 19.3. The zero-order chi connectivity index (χ0) is 18.1. The molecule has 0 bridgehead atoms. The van der Waals surface area contributed by atoms with Crippen LogP contribution in [0.15, 0.2) is 78.9 Å². The van der Waals surface area contributed by atoms with Crippen molar-refractivity contribution in [3.8, 4) is 11.1 Å². The third kappa shape index (κ3) is 3.45. The van der Waals surface area contributed by atoms with Crippen LogP contribution in [-0.4, -0.2) is 5.54 Å².